The third-order valence-electron chi connectivity index (χ3n) is 4.05. The molecular weight excluding hydrogens is 358 g/mol. The molecule has 0 spiro atoms. The van der Waals surface area contributed by atoms with Crippen LogP contribution in [0.2, 0.25) is 0 Å². The zero-order valence-electron chi connectivity index (χ0n) is 14.5. The van der Waals surface area contributed by atoms with Crippen LogP contribution < -0.4 is 14.8 Å². The van der Waals surface area contributed by atoms with E-state index in [1.165, 1.54) is 21.6 Å². The number of nitrogens with zero attached hydrogens (tertiary/aromatic N) is 2. The zero-order valence-corrected chi connectivity index (χ0v) is 15.3. The van der Waals surface area contributed by atoms with Crippen molar-refractivity contribution in [1.82, 2.24) is 9.80 Å². The van der Waals surface area contributed by atoms with Crippen LogP contribution in [0.3, 0.4) is 0 Å². The zero-order chi connectivity index (χ0) is 18.5. The first kappa shape index (κ1) is 18.4. The van der Waals surface area contributed by atoms with Crippen LogP contribution in [0, 0.1) is 0 Å². The summed E-state index contributed by atoms with van der Waals surface area (Å²) in [5.74, 6) is 1.57. The Hall–Kier alpha value is -2.42. The molecule has 0 unspecified atom stereocenters. The number of likely N-dealkylation sites (N-methyl/N-ethyl adjacent to an activating group) is 1. The number of anilines is 1. The molecule has 9 heteroatoms. The summed E-state index contributed by atoms with van der Waals surface area (Å²) < 4.78 is 10.9. The van der Waals surface area contributed by atoms with Crippen molar-refractivity contribution in [3.8, 4) is 11.5 Å². The van der Waals surface area contributed by atoms with Crippen LogP contribution in [0.15, 0.2) is 18.2 Å². The maximum atomic E-state index is 12.4. The van der Waals surface area contributed by atoms with Gasteiger partial charge in [0.15, 0.2) is 11.5 Å². The average Bonchev–Trinajstić information content (AvgIpc) is 3.04. The van der Waals surface area contributed by atoms with Crippen molar-refractivity contribution in [3.05, 3.63) is 18.2 Å². The van der Waals surface area contributed by atoms with Gasteiger partial charge in [0.1, 0.15) is 19.8 Å². The van der Waals surface area contributed by atoms with Crippen molar-refractivity contribution < 1.29 is 23.9 Å². The highest BCUT2D eigenvalue weighted by molar-refractivity contribution is 8.00. The Morgan fingerprint density at radius 2 is 2.04 bits per heavy atom. The number of benzene rings is 1. The summed E-state index contributed by atoms with van der Waals surface area (Å²) in [6.07, 6.45) is 0. The van der Waals surface area contributed by atoms with E-state index in [0.717, 1.165) is 0 Å². The number of amides is 3. The summed E-state index contributed by atoms with van der Waals surface area (Å²) in [5, 5.41) is 2.76. The molecule has 1 aromatic carbocycles. The summed E-state index contributed by atoms with van der Waals surface area (Å²) in [4.78, 5) is 39.2. The summed E-state index contributed by atoms with van der Waals surface area (Å²) in [6, 6.07) is 5.16. The molecule has 1 fully saturated rings. The van der Waals surface area contributed by atoms with Crippen molar-refractivity contribution in [2.75, 3.05) is 49.8 Å². The maximum Gasteiger partial charge on any atom is 0.243 e. The van der Waals surface area contributed by atoms with Gasteiger partial charge >= 0.3 is 0 Å². The van der Waals surface area contributed by atoms with Gasteiger partial charge in [0.25, 0.3) is 0 Å². The number of thioether (sulfide) groups is 1. The largest absolute Gasteiger partial charge is 0.486 e. The predicted octanol–water partition coefficient (Wildman–Crippen LogP) is 0.778. The van der Waals surface area contributed by atoms with E-state index < -0.39 is 0 Å². The minimum Gasteiger partial charge on any atom is -0.486 e. The van der Waals surface area contributed by atoms with Gasteiger partial charge in [-0.25, -0.2) is 0 Å². The molecule has 3 rings (SSSR count). The van der Waals surface area contributed by atoms with E-state index in [9.17, 15) is 14.4 Å². The first-order valence-corrected chi connectivity index (χ1v) is 9.55. The molecule has 0 aliphatic carbocycles. The van der Waals surface area contributed by atoms with Crippen LogP contribution in [0.5, 0.6) is 11.5 Å². The van der Waals surface area contributed by atoms with E-state index in [1.807, 2.05) is 0 Å². The molecule has 8 nitrogen and oxygen atoms in total. The van der Waals surface area contributed by atoms with Gasteiger partial charge in [-0.05, 0) is 19.1 Å². The molecule has 3 amide bonds. The van der Waals surface area contributed by atoms with Gasteiger partial charge in [-0.3, -0.25) is 14.4 Å². The van der Waals surface area contributed by atoms with Crippen molar-refractivity contribution in [1.29, 1.82) is 0 Å². The number of carbonyl (C=O) groups is 3. The molecule has 2 aliphatic rings. The lowest BCUT2D eigenvalue weighted by Crippen LogP contribution is -2.44. The van der Waals surface area contributed by atoms with Crippen molar-refractivity contribution in [2.24, 2.45) is 0 Å². The van der Waals surface area contributed by atoms with Crippen molar-refractivity contribution in [3.63, 3.8) is 0 Å². The lowest BCUT2D eigenvalue weighted by atomic mass is 10.2. The summed E-state index contributed by atoms with van der Waals surface area (Å²) in [6.45, 7) is 3.11. The number of carbonyl (C=O) groups excluding carboxylic acids is 3. The summed E-state index contributed by atoms with van der Waals surface area (Å²) in [5.41, 5.74) is 0.578. The highest BCUT2D eigenvalue weighted by atomic mass is 32.2. The van der Waals surface area contributed by atoms with E-state index in [1.54, 1.807) is 25.1 Å². The van der Waals surface area contributed by atoms with Crippen molar-refractivity contribution >= 4 is 35.2 Å². The van der Waals surface area contributed by atoms with E-state index in [-0.39, 0.29) is 30.8 Å². The standard InChI is InChI=1S/C17H21N3O5S/c1-2-19(16(22)9-20-11-26-10-17(20)23)8-15(21)18-12-3-4-13-14(7-12)25-6-5-24-13/h3-4,7H,2,5-6,8-11H2,1H3,(H,18,21). The molecular formula is C17H21N3O5S. The topological polar surface area (TPSA) is 88.2 Å². The number of hydrogen-bond donors (Lipinski definition) is 1. The molecule has 1 N–H and O–H groups in total. The van der Waals surface area contributed by atoms with Gasteiger partial charge in [0.2, 0.25) is 17.7 Å². The van der Waals surface area contributed by atoms with Crippen LogP contribution in [0.1, 0.15) is 6.92 Å². The Bertz CT molecular complexity index is 712. The second-order valence-corrected chi connectivity index (χ2v) is 6.84. The Labute approximate surface area is 155 Å². The van der Waals surface area contributed by atoms with E-state index in [2.05, 4.69) is 5.32 Å². The molecule has 1 aromatic rings. The summed E-state index contributed by atoms with van der Waals surface area (Å²) >= 11 is 1.48. The van der Waals surface area contributed by atoms with Gasteiger partial charge in [-0.2, -0.15) is 0 Å². The first-order chi connectivity index (χ1) is 12.6. The quantitative estimate of drug-likeness (QED) is 0.786. The van der Waals surface area contributed by atoms with Crippen LogP contribution in [0.25, 0.3) is 0 Å². The minimum absolute atomic E-state index is 0.0109. The van der Waals surface area contributed by atoms with Crippen LogP contribution >= 0.6 is 11.8 Å². The third kappa shape index (κ3) is 4.40. The SMILES string of the molecule is CCN(CC(=O)Nc1ccc2c(c1)OCCO2)C(=O)CN1CSCC1=O. The molecule has 0 aromatic heterocycles. The highest BCUT2D eigenvalue weighted by Crippen LogP contribution is 2.32. The van der Waals surface area contributed by atoms with Gasteiger partial charge < -0.3 is 24.6 Å². The number of hydrogen-bond acceptors (Lipinski definition) is 6. The van der Waals surface area contributed by atoms with E-state index in [0.29, 0.717) is 48.6 Å². The number of ether oxygens (including phenoxy) is 2. The Kier molecular flexibility index (Phi) is 5.87. The molecule has 140 valence electrons. The predicted molar refractivity (Wildman–Crippen MR) is 97.4 cm³/mol. The second-order valence-electron chi connectivity index (χ2n) is 5.88. The van der Waals surface area contributed by atoms with E-state index in [4.69, 9.17) is 9.47 Å². The normalized spacial score (nSPS) is 15.7. The monoisotopic (exact) mass is 379 g/mol. The average molecular weight is 379 g/mol. The molecule has 0 bridgehead atoms. The molecule has 0 atom stereocenters. The molecule has 26 heavy (non-hydrogen) atoms. The lowest BCUT2D eigenvalue weighted by Gasteiger charge is -2.23. The Morgan fingerprint density at radius 1 is 1.27 bits per heavy atom. The number of rotatable bonds is 6. The van der Waals surface area contributed by atoms with Crippen molar-refractivity contribution in [2.45, 2.75) is 6.92 Å². The fraction of sp³-hybridized carbons (Fsp3) is 0.471. The van der Waals surface area contributed by atoms with Crippen LogP contribution in [0.4, 0.5) is 5.69 Å². The lowest BCUT2D eigenvalue weighted by molar-refractivity contribution is -0.139. The van der Waals surface area contributed by atoms with Gasteiger partial charge in [0, 0.05) is 18.3 Å². The molecule has 0 radical (unpaired) electrons. The van der Waals surface area contributed by atoms with Gasteiger partial charge in [0.05, 0.1) is 18.2 Å². The molecule has 1 saturated heterocycles. The Morgan fingerprint density at radius 3 is 2.73 bits per heavy atom. The first-order valence-electron chi connectivity index (χ1n) is 8.39. The van der Waals surface area contributed by atoms with Gasteiger partial charge in [-0.15, -0.1) is 11.8 Å². The fourth-order valence-corrected chi connectivity index (χ4v) is 3.58. The minimum atomic E-state index is -0.306. The summed E-state index contributed by atoms with van der Waals surface area (Å²) in [7, 11) is 0. The smallest absolute Gasteiger partial charge is 0.243 e. The third-order valence-corrected chi connectivity index (χ3v) is 4.99. The van der Waals surface area contributed by atoms with Crippen LogP contribution in [-0.4, -0.2) is 72.0 Å². The fourth-order valence-electron chi connectivity index (χ4n) is 2.67. The molecule has 2 heterocycles. The second kappa shape index (κ2) is 8.31. The molecule has 0 saturated carbocycles. The van der Waals surface area contributed by atoms with Gasteiger partial charge in [-0.1, -0.05) is 0 Å². The number of fused-ring (bicyclic) bond motifs is 1. The number of nitrogens with one attached hydrogen (secondary N) is 1. The van der Waals surface area contributed by atoms with E-state index >= 15 is 0 Å². The molecule has 2 aliphatic heterocycles. The van der Waals surface area contributed by atoms with Crippen LogP contribution in [-0.2, 0) is 14.4 Å². The maximum absolute atomic E-state index is 12.4. The highest BCUT2D eigenvalue weighted by Gasteiger charge is 2.25. The Balaban J connectivity index is 1.55.